The molecule has 0 bridgehead atoms. The van der Waals surface area contributed by atoms with Crippen molar-refractivity contribution in [2.24, 2.45) is 4.99 Å². The number of carbonyl (C=O) groups is 3. The summed E-state index contributed by atoms with van der Waals surface area (Å²) in [4.78, 5) is 41.9. The summed E-state index contributed by atoms with van der Waals surface area (Å²) in [6.07, 6.45) is -0.918. The Morgan fingerprint density at radius 1 is 1.10 bits per heavy atom. The molecule has 2 aromatic rings. The number of aliphatic imine (C=N–C) groups is 1. The van der Waals surface area contributed by atoms with E-state index in [0.717, 1.165) is 11.1 Å². The topological polar surface area (TPSA) is 112 Å². The van der Waals surface area contributed by atoms with Crippen molar-refractivity contribution >= 4 is 24.0 Å². The summed E-state index contributed by atoms with van der Waals surface area (Å²) in [5, 5.41) is 7.58. The fourth-order valence-corrected chi connectivity index (χ4v) is 2.90. The van der Waals surface area contributed by atoms with Crippen molar-refractivity contribution in [3.05, 3.63) is 71.8 Å². The number of benzene rings is 2. The van der Waals surface area contributed by atoms with Crippen molar-refractivity contribution in [3.63, 3.8) is 0 Å². The number of nitrogens with zero attached hydrogens (tertiary/aromatic N) is 2. The van der Waals surface area contributed by atoms with E-state index in [1.165, 1.54) is 0 Å². The maximum atomic E-state index is 12.2. The van der Waals surface area contributed by atoms with Crippen molar-refractivity contribution in [1.29, 1.82) is 0 Å². The van der Waals surface area contributed by atoms with Gasteiger partial charge in [0.1, 0.15) is 12.6 Å². The van der Waals surface area contributed by atoms with Gasteiger partial charge in [-0.25, -0.2) is 14.9 Å². The van der Waals surface area contributed by atoms with Crippen LogP contribution in [0.15, 0.2) is 65.7 Å². The summed E-state index contributed by atoms with van der Waals surface area (Å²) in [6.45, 7) is 0.781. The third-order valence-corrected chi connectivity index (χ3v) is 4.45. The normalized spacial score (nSPS) is 17.4. The second-order valence-corrected chi connectivity index (χ2v) is 6.62. The molecule has 4 amide bonds. The molecule has 2 aromatic carbocycles. The Labute approximate surface area is 174 Å². The predicted octanol–water partition coefficient (Wildman–Crippen LogP) is 1.61. The molecular formula is C21H23N5O4. The number of carbonyl (C=O) groups excluding carboxylic acids is 3. The highest BCUT2D eigenvalue weighted by atomic mass is 16.5. The summed E-state index contributed by atoms with van der Waals surface area (Å²) >= 11 is 0. The molecule has 1 fully saturated rings. The fraction of sp³-hybridized carbons (Fsp3) is 0.238. The van der Waals surface area contributed by atoms with Gasteiger partial charge in [-0.1, -0.05) is 60.7 Å². The third-order valence-electron chi connectivity index (χ3n) is 4.45. The number of alkyl carbamates (subject to hydrolysis) is 1. The maximum Gasteiger partial charge on any atom is 0.415 e. The number of ether oxygens (including phenoxy) is 1. The van der Waals surface area contributed by atoms with Crippen molar-refractivity contribution < 1.29 is 19.1 Å². The van der Waals surface area contributed by atoms with Gasteiger partial charge in [-0.3, -0.25) is 10.1 Å². The Hall–Kier alpha value is -3.72. The first-order valence-electron chi connectivity index (χ1n) is 9.42. The number of likely N-dealkylation sites (N-methyl/N-ethyl adjacent to an activating group) is 1. The first-order chi connectivity index (χ1) is 14.5. The smallest absolute Gasteiger partial charge is 0.415 e. The van der Waals surface area contributed by atoms with Crippen molar-refractivity contribution in [2.45, 2.75) is 19.2 Å². The number of hydrogen-bond acceptors (Lipinski definition) is 5. The highest BCUT2D eigenvalue weighted by Crippen LogP contribution is 2.09. The number of rotatable bonds is 5. The monoisotopic (exact) mass is 409 g/mol. The molecule has 0 radical (unpaired) electrons. The van der Waals surface area contributed by atoms with Crippen LogP contribution in [0.1, 0.15) is 11.1 Å². The lowest BCUT2D eigenvalue weighted by Crippen LogP contribution is -2.61. The molecule has 0 saturated carbocycles. The molecule has 1 aliphatic heterocycles. The summed E-state index contributed by atoms with van der Waals surface area (Å²) in [5.74, 6) is -0.233. The standard InChI is InChI=1S/C21H23N5O4/c1-22-17-13-26(12-15-8-4-2-5-9-15)19(23-18(17)27)24-20(28)25-21(29)30-14-16-10-6-3-7-11-16/h2-11,17,22H,12-14H2,1H3,(H2,23,24,25,27,28,29). The molecule has 0 aliphatic carbocycles. The van der Waals surface area contributed by atoms with Gasteiger partial charge < -0.3 is 15.0 Å². The molecular weight excluding hydrogens is 386 g/mol. The average molecular weight is 409 g/mol. The number of hydrogen-bond donors (Lipinski definition) is 3. The van der Waals surface area contributed by atoms with Crippen LogP contribution in [-0.4, -0.2) is 48.5 Å². The highest BCUT2D eigenvalue weighted by molar-refractivity contribution is 6.06. The van der Waals surface area contributed by atoms with E-state index in [-0.39, 0.29) is 18.5 Å². The quantitative estimate of drug-likeness (QED) is 0.692. The van der Waals surface area contributed by atoms with Crippen LogP contribution in [0.25, 0.3) is 0 Å². The molecule has 0 spiro atoms. The zero-order valence-electron chi connectivity index (χ0n) is 16.5. The SMILES string of the molecule is CNC1CN(Cc2ccccc2)/C(=N/C(=O)NC(=O)OCc2ccccc2)NC1=O. The molecule has 9 heteroatoms. The molecule has 0 aromatic heterocycles. The molecule has 30 heavy (non-hydrogen) atoms. The van der Waals surface area contributed by atoms with Gasteiger partial charge in [0, 0.05) is 13.1 Å². The molecule has 9 nitrogen and oxygen atoms in total. The number of imide groups is 1. The highest BCUT2D eigenvalue weighted by Gasteiger charge is 2.30. The van der Waals surface area contributed by atoms with E-state index in [2.05, 4.69) is 15.6 Å². The van der Waals surface area contributed by atoms with Gasteiger partial charge in [-0.05, 0) is 18.2 Å². The van der Waals surface area contributed by atoms with E-state index >= 15 is 0 Å². The van der Waals surface area contributed by atoms with E-state index in [1.807, 2.05) is 53.8 Å². The van der Waals surface area contributed by atoms with Crippen LogP contribution >= 0.6 is 0 Å². The van der Waals surface area contributed by atoms with Crippen molar-refractivity contribution in [3.8, 4) is 0 Å². The zero-order chi connectivity index (χ0) is 21.3. The Bertz CT molecular complexity index is 918. The van der Waals surface area contributed by atoms with Crippen LogP contribution in [0, 0.1) is 0 Å². The molecule has 1 aliphatic rings. The van der Waals surface area contributed by atoms with Crippen LogP contribution in [-0.2, 0) is 22.7 Å². The van der Waals surface area contributed by atoms with Crippen LogP contribution in [0.3, 0.4) is 0 Å². The Balaban J connectivity index is 1.64. The van der Waals surface area contributed by atoms with E-state index < -0.39 is 18.2 Å². The van der Waals surface area contributed by atoms with Crippen LogP contribution in [0.2, 0.25) is 0 Å². The van der Waals surface area contributed by atoms with Gasteiger partial charge in [0.25, 0.3) is 0 Å². The summed E-state index contributed by atoms with van der Waals surface area (Å²) in [7, 11) is 1.68. The van der Waals surface area contributed by atoms with Gasteiger partial charge in [-0.15, -0.1) is 0 Å². The fourth-order valence-electron chi connectivity index (χ4n) is 2.90. The lowest BCUT2D eigenvalue weighted by atomic mass is 10.1. The number of urea groups is 1. The second kappa shape index (κ2) is 10.2. The Morgan fingerprint density at radius 2 is 1.73 bits per heavy atom. The molecule has 156 valence electrons. The Morgan fingerprint density at radius 3 is 2.37 bits per heavy atom. The third kappa shape index (κ3) is 5.89. The van der Waals surface area contributed by atoms with E-state index in [1.54, 1.807) is 24.1 Å². The van der Waals surface area contributed by atoms with Crippen LogP contribution < -0.4 is 16.0 Å². The summed E-state index contributed by atoms with van der Waals surface area (Å²) < 4.78 is 5.01. The zero-order valence-corrected chi connectivity index (χ0v) is 16.5. The van der Waals surface area contributed by atoms with Gasteiger partial charge in [0.05, 0.1) is 0 Å². The Kier molecular flexibility index (Phi) is 7.12. The number of nitrogens with one attached hydrogen (secondary N) is 3. The van der Waals surface area contributed by atoms with Gasteiger partial charge in [0.15, 0.2) is 0 Å². The minimum Gasteiger partial charge on any atom is -0.444 e. The first kappa shape index (κ1) is 21.0. The largest absolute Gasteiger partial charge is 0.444 e. The lowest BCUT2D eigenvalue weighted by Gasteiger charge is -2.34. The van der Waals surface area contributed by atoms with Crippen LogP contribution in [0.5, 0.6) is 0 Å². The van der Waals surface area contributed by atoms with Gasteiger partial charge in [-0.2, -0.15) is 4.99 Å². The predicted molar refractivity (Wildman–Crippen MR) is 110 cm³/mol. The molecule has 1 unspecified atom stereocenters. The summed E-state index contributed by atoms with van der Waals surface area (Å²) in [5.41, 5.74) is 1.77. The minimum atomic E-state index is -0.927. The second-order valence-electron chi connectivity index (χ2n) is 6.62. The van der Waals surface area contributed by atoms with E-state index in [9.17, 15) is 14.4 Å². The molecule has 1 heterocycles. The average Bonchev–Trinajstić information content (AvgIpc) is 2.75. The molecule has 3 rings (SSSR count). The van der Waals surface area contributed by atoms with Crippen LogP contribution in [0.4, 0.5) is 9.59 Å². The number of guanidine groups is 1. The molecule has 3 N–H and O–H groups in total. The van der Waals surface area contributed by atoms with Crippen molar-refractivity contribution in [2.75, 3.05) is 13.6 Å². The molecule has 1 saturated heterocycles. The number of amides is 4. The lowest BCUT2D eigenvalue weighted by molar-refractivity contribution is -0.123. The first-order valence-corrected chi connectivity index (χ1v) is 9.42. The van der Waals surface area contributed by atoms with Gasteiger partial charge >= 0.3 is 12.1 Å². The van der Waals surface area contributed by atoms with E-state index in [4.69, 9.17) is 4.74 Å². The minimum absolute atomic E-state index is 0.0250. The molecule has 1 atom stereocenters. The summed E-state index contributed by atoms with van der Waals surface area (Å²) in [6, 6.07) is 17.3. The van der Waals surface area contributed by atoms with Gasteiger partial charge in [0.2, 0.25) is 11.9 Å². The van der Waals surface area contributed by atoms with Crippen molar-refractivity contribution in [1.82, 2.24) is 20.9 Å². The maximum absolute atomic E-state index is 12.2. The van der Waals surface area contributed by atoms with E-state index in [0.29, 0.717) is 13.1 Å².